The van der Waals surface area contributed by atoms with Crippen LogP contribution in [0.5, 0.6) is 11.5 Å². The van der Waals surface area contributed by atoms with Crippen molar-refractivity contribution in [2.75, 3.05) is 39.3 Å². The molecule has 2 aromatic carbocycles. The van der Waals surface area contributed by atoms with Crippen LogP contribution in [0.2, 0.25) is 0 Å². The van der Waals surface area contributed by atoms with Crippen LogP contribution in [0.15, 0.2) is 47.5 Å². The van der Waals surface area contributed by atoms with Gasteiger partial charge in [0.15, 0.2) is 17.5 Å². The molecule has 1 unspecified atom stereocenters. The van der Waals surface area contributed by atoms with Crippen LogP contribution in [0, 0.1) is 5.82 Å². The summed E-state index contributed by atoms with van der Waals surface area (Å²) in [5, 5.41) is 6.69. The van der Waals surface area contributed by atoms with E-state index in [0.717, 1.165) is 36.5 Å². The number of nitrogens with zero attached hydrogens (tertiary/aromatic N) is 2. The van der Waals surface area contributed by atoms with Gasteiger partial charge in [-0.15, -0.1) is 0 Å². The molecule has 1 fully saturated rings. The van der Waals surface area contributed by atoms with E-state index in [1.54, 1.807) is 20.2 Å². The molecule has 0 spiro atoms. The summed E-state index contributed by atoms with van der Waals surface area (Å²) in [6.45, 7) is 2.28. The van der Waals surface area contributed by atoms with Crippen molar-refractivity contribution in [3.8, 4) is 11.5 Å². The van der Waals surface area contributed by atoms with Crippen LogP contribution in [0.3, 0.4) is 0 Å². The molecule has 1 saturated heterocycles. The number of hydrogen-bond donors (Lipinski definition) is 2. The molecule has 7 heteroatoms. The maximum absolute atomic E-state index is 13.8. The van der Waals surface area contributed by atoms with E-state index in [-0.39, 0.29) is 17.6 Å². The summed E-state index contributed by atoms with van der Waals surface area (Å²) in [7, 11) is 4.88. The molecule has 2 aromatic rings. The second kappa shape index (κ2) is 9.30. The van der Waals surface area contributed by atoms with Crippen LogP contribution < -0.4 is 25.0 Å². The van der Waals surface area contributed by atoms with E-state index in [4.69, 9.17) is 9.47 Å². The van der Waals surface area contributed by atoms with E-state index in [1.807, 2.05) is 24.3 Å². The summed E-state index contributed by atoms with van der Waals surface area (Å²) in [4.78, 5) is 6.60. The number of hydrogen-bond acceptors (Lipinski definition) is 4. The van der Waals surface area contributed by atoms with E-state index in [0.29, 0.717) is 12.5 Å². The van der Waals surface area contributed by atoms with Gasteiger partial charge in [-0.1, -0.05) is 18.2 Å². The Hall–Kier alpha value is -2.96. The summed E-state index contributed by atoms with van der Waals surface area (Å²) < 4.78 is 24.3. The molecule has 6 nitrogen and oxygen atoms in total. The van der Waals surface area contributed by atoms with Gasteiger partial charge in [0, 0.05) is 32.7 Å². The number of nitrogens with one attached hydrogen (secondary N) is 2. The van der Waals surface area contributed by atoms with Gasteiger partial charge in [0.25, 0.3) is 0 Å². The highest BCUT2D eigenvalue weighted by Gasteiger charge is 2.25. The fourth-order valence-corrected chi connectivity index (χ4v) is 3.38. The average Bonchev–Trinajstić information content (AvgIpc) is 3.19. The lowest BCUT2D eigenvalue weighted by molar-refractivity contribution is 0.386. The third kappa shape index (κ3) is 4.65. The normalized spacial score (nSPS) is 16.8. The topological polar surface area (TPSA) is 58.1 Å². The van der Waals surface area contributed by atoms with Gasteiger partial charge in [0.05, 0.1) is 19.9 Å². The van der Waals surface area contributed by atoms with Gasteiger partial charge in [-0.3, -0.25) is 4.99 Å². The molecule has 0 saturated carbocycles. The van der Waals surface area contributed by atoms with Gasteiger partial charge in [-0.2, -0.15) is 0 Å². The van der Waals surface area contributed by atoms with Gasteiger partial charge in [0.1, 0.15) is 5.75 Å². The first kappa shape index (κ1) is 19.8. The van der Waals surface area contributed by atoms with Crippen molar-refractivity contribution in [1.82, 2.24) is 10.6 Å². The number of anilines is 1. The Bertz CT molecular complexity index is 828. The summed E-state index contributed by atoms with van der Waals surface area (Å²) >= 11 is 0. The second-order valence-electron chi connectivity index (χ2n) is 6.64. The lowest BCUT2D eigenvalue weighted by Gasteiger charge is -2.22. The minimum absolute atomic E-state index is 0.244. The van der Waals surface area contributed by atoms with Crippen molar-refractivity contribution in [1.29, 1.82) is 0 Å². The minimum Gasteiger partial charge on any atom is -0.495 e. The second-order valence-corrected chi connectivity index (χ2v) is 6.64. The molecule has 0 bridgehead atoms. The largest absolute Gasteiger partial charge is 0.495 e. The molecule has 150 valence electrons. The molecular formula is C21H27FN4O2. The van der Waals surface area contributed by atoms with Crippen molar-refractivity contribution in [2.24, 2.45) is 4.99 Å². The molecule has 1 atom stereocenters. The van der Waals surface area contributed by atoms with Crippen molar-refractivity contribution >= 4 is 11.6 Å². The Kier molecular flexibility index (Phi) is 6.57. The van der Waals surface area contributed by atoms with E-state index in [2.05, 4.69) is 26.6 Å². The Morgan fingerprint density at radius 3 is 2.68 bits per heavy atom. The average molecular weight is 386 g/mol. The Morgan fingerprint density at radius 2 is 1.96 bits per heavy atom. The third-order valence-electron chi connectivity index (χ3n) is 4.85. The fourth-order valence-electron chi connectivity index (χ4n) is 3.38. The van der Waals surface area contributed by atoms with Crippen LogP contribution in [-0.2, 0) is 6.54 Å². The quantitative estimate of drug-likeness (QED) is 0.591. The minimum atomic E-state index is -0.368. The number of para-hydroxylation sites is 2. The van der Waals surface area contributed by atoms with Crippen molar-refractivity contribution < 1.29 is 13.9 Å². The zero-order valence-electron chi connectivity index (χ0n) is 16.5. The molecule has 28 heavy (non-hydrogen) atoms. The Labute approximate surface area is 165 Å². The molecular weight excluding hydrogens is 359 g/mol. The van der Waals surface area contributed by atoms with E-state index in [1.165, 1.54) is 13.2 Å². The van der Waals surface area contributed by atoms with Gasteiger partial charge < -0.3 is 25.0 Å². The summed E-state index contributed by atoms with van der Waals surface area (Å²) in [5.74, 6) is 1.46. The van der Waals surface area contributed by atoms with Crippen LogP contribution in [0.1, 0.15) is 12.0 Å². The molecule has 0 aromatic heterocycles. The molecule has 3 rings (SSSR count). The van der Waals surface area contributed by atoms with Crippen LogP contribution in [0.4, 0.5) is 10.1 Å². The molecule has 1 aliphatic heterocycles. The maximum atomic E-state index is 13.8. The first-order valence-electron chi connectivity index (χ1n) is 9.32. The highest BCUT2D eigenvalue weighted by Crippen LogP contribution is 2.30. The lowest BCUT2D eigenvalue weighted by Crippen LogP contribution is -2.44. The zero-order valence-corrected chi connectivity index (χ0v) is 16.5. The maximum Gasteiger partial charge on any atom is 0.191 e. The molecule has 0 aliphatic carbocycles. The zero-order chi connectivity index (χ0) is 19.9. The van der Waals surface area contributed by atoms with Gasteiger partial charge in [-0.25, -0.2) is 4.39 Å². The SMILES string of the molecule is CN=C(NCc1ccc(OC)c(F)c1)NC1CCN(c2ccccc2OC)C1. The van der Waals surface area contributed by atoms with Crippen LogP contribution in [0.25, 0.3) is 0 Å². The fraction of sp³-hybridized carbons (Fsp3) is 0.381. The third-order valence-corrected chi connectivity index (χ3v) is 4.85. The highest BCUT2D eigenvalue weighted by molar-refractivity contribution is 5.80. The standard InChI is InChI=1S/C21H27FN4O2/c1-23-21(24-13-15-8-9-19(27-2)17(22)12-15)25-16-10-11-26(14-16)18-6-4-5-7-20(18)28-3/h4-9,12,16H,10-11,13-14H2,1-3H3,(H2,23,24,25). The summed E-state index contributed by atoms with van der Waals surface area (Å²) in [5.41, 5.74) is 1.93. The predicted molar refractivity (Wildman–Crippen MR) is 110 cm³/mol. The molecule has 0 amide bonds. The highest BCUT2D eigenvalue weighted by atomic mass is 19.1. The van der Waals surface area contributed by atoms with E-state index < -0.39 is 0 Å². The van der Waals surface area contributed by atoms with E-state index >= 15 is 0 Å². The number of benzene rings is 2. The summed E-state index contributed by atoms with van der Waals surface area (Å²) in [6.07, 6.45) is 0.996. The van der Waals surface area contributed by atoms with Crippen molar-refractivity contribution in [3.05, 3.63) is 53.8 Å². The van der Waals surface area contributed by atoms with E-state index in [9.17, 15) is 4.39 Å². The number of ether oxygens (including phenoxy) is 2. The first-order valence-corrected chi connectivity index (χ1v) is 9.32. The van der Waals surface area contributed by atoms with Gasteiger partial charge in [-0.05, 0) is 36.2 Å². The molecule has 2 N–H and O–H groups in total. The first-order chi connectivity index (χ1) is 13.6. The number of methoxy groups -OCH3 is 2. The predicted octanol–water partition coefficient (Wildman–Crippen LogP) is 2.79. The van der Waals surface area contributed by atoms with Gasteiger partial charge >= 0.3 is 0 Å². The number of guanidine groups is 1. The molecule has 1 aliphatic rings. The number of halogens is 1. The molecule has 0 radical (unpaired) electrons. The number of rotatable bonds is 6. The smallest absolute Gasteiger partial charge is 0.191 e. The number of aliphatic imine (C=N–C) groups is 1. The monoisotopic (exact) mass is 386 g/mol. The summed E-state index contributed by atoms with van der Waals surface area (Å²) in [6, 6.07) is 13.2. The Balaban J connectivity index is 1.55. The van der Waals surface area contributed by atoms with Crippen LogP contribution in [-0.4, -0.2) is 46.4 Å². The van der Waals surface area contributed by atoms with Crippen molar-refractivity contribution in [3.63, 3.8) is 0 Å². The lowest BCUT2D eigenvalue weighted by atomic mass is 10.2. The van der Waals surface area contributed by atoms with Gasteiger partial charge in [0.2, 0.25) is 0 Å². The van der Waals surface area contributed by atoms with Crippen LogP contribution >= 0.6 is 0 Å². The Morgan fingerprint density at radius 1 is 1.18 bits per heavy atom. The van der Waals surface area contributed by atoms with Crippen molar-refractivity contribution in [2.45, 2.75) is 19.0 Å². The molecule has 1 heterocycles.